The Morgan fingerprint density at radius 3 is 1.84 bits per heavy atom. The Labute approximate surface area is 349 Å². The Kier molecular flexibility index (Phi) is 12.7. The number of aromatic amines is 1. The number of hydrogen-bond donors (Lipinski definition) is 8. The van der Waals surface area contributed by atoms with E-state index in [9.17, 15) is 69.5 Å². The standard InChI is InChI=1S/C37H27N13O13/c1-14-21(13-38)27(51)49(28(52)25(14)47-45-22-11-17(31(55)56)5-7-19(22)33(59)60)10-9-40-35-42-36(44-37(63)43-35)41-16(3)50-29(53)24(39-4)15(2)26(30(50)54)48-46-23-12-18(32(57)58)6-8-20(23)34(61)62/h5-8,11-12,51,53H,9-10H2,1-3H3,(H,55,56)(H,57,58)(H,59,60)(H,61,62)(H2,40,42,43,44,63). The molecule has 2 aromatic carbocycles. The Hall–Kier alpha value is -9.72. The summed E-state index contributed by atoms with van der Waals surface area (Å²) in [7, 11) is 0. The van der Waals surface area contributed by atoms with Gasteiger partial charge in [0.15, 0.2) is 5.69 Å². The van der Waals surface area contributed by atoms with Crippen LogP contribution < -0.4 is 22.1 Å². The first-order valence-corrected chi connectivity index (χ1v) is 17.3. The van der Waals surface area contributed by atoms with E-state index in [0.29, 0.717) is 9.13 Å². The van der Waals surface area contributed by atoms with E-state index in [1.165, 1.54) is 13.8 Å². The number of aromatic nitrogens is 5. The number of nitrogens with one attached hydrogen (secondary N) is 2. The van der Waals surface area contributed by atoms with Crippen molar-refractivity contribution in [2.75, 3.05) is 11.9 Å². The van der Waals surface area contributed by atoms with Crippen LogP contribution in [0.25, 0.3) is 4.85 Å². The van der Waals surface area contributed by atoms with Gasteiger partial charge in [0.1, 0.15) is 34.5 Å². The van der Waals surface area contributed by atoms with E-state index >= 15 is 0 Å². The zero-order valence-electron chi connectivity index (χ0n) is 32.3. The fraction of sp³-hybridized carbons (Fsp3) is 0.135. The SMILES string of the molecule is [C-]#[N+]c1c(C)c(N=Nc2cc(C(=O)O)ccc2C(=O)O)c(=O)n(C(C)=Nc2nc(NCCn3c(O)c(C#N)c(C)c(N=Nc4cc(C(=O)O)ccc4C(=O)O)c3=O)nc(=O)[nH]2)c1O. The van der Waals surface area contributed by atoms with Crippen LogP contribution in [0.4, 0.5) is 40.3 Å². The lowest BCUT2D eigenvalue weighted by atomic mass is 10.1. The minimum absolute atomic E-state index is 0.148. The maximum Gasteiger partial charge on any atom is 0.351 e. The second kappa shape index (κ2) is 18.0. The van der Waals surface area contributed by atoms with Crippen molar-refractivity contribution < 1.29 is 49.8 Å². The molecule has 0 aliphatic rings. The highest BCUT2D eigenvalue weighted by molar-refractivity contribution is 5.97. The second-order valence-electron chi connectivity index (χ2n) is 12.6. The number of pyridine rings is 2. The number of nitriles is 1. The molecule has 0 radical (unpaired) electrons. The summed E-state index contributed by atoms with van der Waals surface area (Å²) in [4.78, 5) is 103. The number of carboxylic acids is 4. The highest BCUT2D eigenvalue weighted by Gasteiger charge is 2.23. The van der Waals surface area contributed by atoms with Gasteiger partial charge in [0.25, 0.3) is 16.8 Å². The number of aromatic carboxylic acids is 4. The molecule has 0 unspecified atom stereocenters. The molecule has 0 saturated carbocycles. The van der Waals surface area contributed by atoms with Crippen LogP contribution in [0.3, 0.4) is 0 Å². The molecule has 5 aromatic rings. The van der Waals surface area contributed by atoms with Crippen molar-refractivity contribution in [3.05, 3.63) is 118 Å². The lowest BCUT2D eigenvalue weighted by molar-refractivity contribution is 0.0682. The highest BCUT2D eigenvalue weighted by atomic mass is 16.4. The van der Waals surface area contributed by atoms with Crippen LogP contribution in [0.15, 0.2) is 76.2 Å². The number of H-pyrrole nitrogens is 1. The number of carbonyl (C=O) groups is 4. The molecule has 0 amide bonds. The molecular weight excluding hydrogens is 834 g/mol. The molecule has 63 heavy (non-hydrogen) atoms. The minimum Gasteiger partial charge on any atom is -0.502 e. The lowest BCUT2D eigenvalue weighted by Crippen LogP contribution is -2.26. The topological polar surface area (TPSA) is 394 Å². The molecule has 5 rings (SSSR count). The fourth-order valence-corrected chi connectivity index (χ4v) is 5.62. The fourth-order valence-electron chi connectivity index (χ4n) is 5.62. The van der Waals surface area contributed by atoms with E-state index in [-0.39, 0.29) is 28.8 Å². The summed E-state index contributed by atoms with van der Waals surface area (Å²) in [5, 5.41) is 87.0. The number of nitrogens with zero attached hydrogens (tertiary/aromatic N) is 11. The summed E-state index contributed by atoms with van der Waals surface area (Å²) >= 11 is 0. The predicted molar refractivity (Wildman–Crippen MR) is 214 cm³/mol. The molecular formula is C37H27N13O13. The summed E-state index contributed by atoms with van der Waals surface area (Å²) in [6.45, 7) is 10.4. The van der Waals surface area contributed by atoms with Gasteiger partial charge in [-0.1, -0.05) is 0 Å². The highest BCUT2D eigenvalue weighted by Crippen LogP contribution is 2.35. The van der Waals surface area contributed by atoms with E-state index in [4.69, 9.17) is 6.57 Å². The Morgan fingerprint density at radius 2 is 1.35 bits per heavy atom. The van der Waals surface area contributed by atoms with Gasteiger partial charge in [-0.15, -0.1) is 20.5 Å². The van der Waals surface area contributed by atoms with Gasteiger partial charge in [-0.3, -0.25) is 19.1 Å². The number of anilines is 1. The number of hydrogen-bond acceptors (Lipinski definition) is 18. The molecule has 3 aromatic heterocycles. The summed E-state index contributed by atoms with van der Waals surface area (Å²) in [6, 6.07) is 7.50. The summed E-state index contributed by atoms with van der Waals surface area (Å²) in [5.41, 5.74) is -8.08. The Balaban J connectivity index is 1.47. The van der Waals surface area contributed by atoms with Crippen LogP contribution in [0.2, 0.25) is 0 Å². The molecule has 3 heterocycles. The Morgan fingerprint density at radius 1 is 0.810 bits per heavy atom. The minimum atomic E-state index is -1.50. The molecule has 0 fully saturated rings. The molecule has 0 atom stereocenters. The van der Waals surface area contributed by atoms with Gasteiger partial charge in [-0.25, -0.2) is 33.4 Å². The number of aliphatic imine (C=N–C) groups is 1. The molecule has 0 aliphatic carbocycles. The molecule has 26 heteroatoms. The van der Waals surface area contributed by atoms with Crippen LogP contribution >= 0.6 is 0 Å². The monoisotopic (exact) mass is 861 g/mol. The maximum absolute atomic E-state index is 13.7. The third-order valence-corrected chi connectivity index (χ3v) is 8.73. The average molecular weight is 862 g/mol. The maximum atomic E-state index is 13.7. The van der Waals surface area contributed by atoms with Crippen molar-refractivity contribution in [3.8, 4) is 17.8 Å². The van der Waals surface area contributed by atoms with Crippen LogP contribution in [-0.2, 0) is 6.54 Å². The average Bonchev–Trinajstić information content (AvgIpc) is 3.21. The van der Waals surface area contributed by atoms with E-state index < -0.39 is 122 Å². The van der Waals surface area contributed by atoms with Crippen molar-refractivity contribution in [2.24, 2.45) is 25.4 Å². The van der Waals surface area contributed by atoms with Gasteiger partial charge in [-0.2, -0.15) is 20.2 Å². The van der Waals surface area contributed by atoms with Crippen molar-refractivity contribution in [1.82, 2.24) is 24.1 Å². The smallest absolute Gasteiger partial charge is 0.351 e. The van der Waals surface area contributed by atoms with E-state index in [1.807, 2.05) is 0 Å². The molecule has 0 aliphatic heterocycles. The van der Waals surface area contributed by atoms with Gasteiger partial charge >= 0.3 is 29.6 Å². The number of azo groups is 2. The van der Waals surface area contributed by atoms with Crippen molar-refractivity contribution >= 4 is 70.0 Å². The quantitative estimate of drug-likeness (QED) is 0.0354. The largest absolute Gasteiger partial charge is 0.502 e. The summed E-state index contributed by atoms with van der Waals surface area (Å²) in [5.74, 6) is -8.89. The van der Waals surface area contributed by atoms with Crippen LogP contribution in [-0.4, -0.2) is 91.0 Å². The Bertz CT molecular complexity index is 3170. The van der Waals surface area contributed by atoms with Gasteiger partial charge in [0, 0.05) is 18.7 Å². The molecule has 8 N–H and O–H groups in total. The summed E-state index contributed by atoms with van der Waals surface area (Å²) < 4.78 is 1.20. The lowest BCUT2D eigenvalue weighted by Gasteiger charge is -2.14. The zero-order chi connectivity index (χ0) is 46.4. The molecule has 26 nitrogen and oxygen atoms in total. The first-order chi connectivity index (χ1) is 29.8. The van der Waals surface area contributed by atoms with Crippen molar-refractivity contribution in [2.45, 2.75) is 27.3 Å². The van der Waals surface area contributed by atoms with Gasteiger partial charge in [0.2, 0.25) is 23.7 Å². The number of benzene rings is 2. The van der Waals surface area contributed by atoms with E-state index in [0.717, 1.165) is 43.3 Å². The van der Waals surface area contributed by atoms with Crippen LogP contribution in [0, 0.1) is 31.8 Å². The first kappa shape index (κ1) is 44.4. The predicted octanol–water partition coefficient (Wildman–Crippen LogP) is 4.27. The molecule has 0 bridgehead atoms. The van der Waals surface area contributed by atoms with Gasteiger partial charge in [-0.05, 0) is 62.7 Å². The second-order valence-corrected chi connectivity index (χ2v) is 12.6. The molecule has 0 saturated heterocycles. The van der Waals surface area contributed by atoms with Crippen LogP contribution in [0.1, 0.15) is 65.0 Å². The number of carboxylic acid groups (broad SMARTS) is 4. The normalized spacial score (nSPS) is 11.3. The third-order valence-electron chi connectivity index (χ3n) is 8.73. The van der Waals surface area contributed by atoms with Crippen LogP contribution in [0.5, 0.6) is 11.8 Å². The van der Waals surface area contributed by atoms with Gasteiger partial charge < -0.3 is 36.0 Å². The van der Waals surface area contributed by atoms with E-state index in [2.05, 4.69) is 50.6 Å². The number of aromatic hydroxyl groups is 2. The summed E-state index contributed by atoms with van der Waals surface area (Å²) in [6.07, 6.45) is 0. The van der Waals surface area contributed by atoms with Crippen molar-refractivity contribution in [1.29, 1.82) is 5.26 Å². The van der Waals surface area contributed by atoms with E-state index in [1.54, 1.807) is 6.07 Å². The molecule has 0 spiro atoms. The number of rotatable bonds is 13. The van der Waals surface area contributed by atoms with Crippen molar-refractivity contribution in [3.63, 3.8) is 0 Å². The third kappa shape index (κ3) is 9.14. The first-order valence-electron chi connectivity index (χ1n) is 17.3. The zero-order valence-corrected chi connectivity index (χ0v) is 32.3. The van der Waals surface area contributed by atoms with Gasteiger partial charge in [0.05, 0.1) is 28.8 Å². The molecule has 318 valence electrons.